The van der Waals surface area contributed by atoms with E-state index in [-0.39, 0.29) is 6.61 Å². The molecular formula is C16H17BrClNO2. The first-order valence-electron chi connectivity index (χ1n) is 6.61. The molecule has 0 amide bonds. The van der Waals surface area contributed by atoms with Crippen LogP contribution in [0.1, 0.15) is 5.56 Å². The molecule has 2 aromatic carbocycles. The molecule has 0 aliphatic heterocycles. The quantitative estimate of drug-likeness (QED) is 0.798. The summed E-state index contributed by atoms with van der Waals surface area (Å²) in [5.41, 5.74) is 2.04. The van der Waals surface area contributed by atoms with Crippen molar-refractivity contribution in [3.05, 3.63) is 57.5 Å². The van der Waals surface area contributed by atoms with Gasteiger partial charge in [-0.25, -0.2) is 0 Å². The fourth-order valence-corrected chi connectivity index (χ4v) is 2.15. The maximum atomic E-state index is 9.92. The first-order chi connectivity index (χ1) is 10.0. The van der Waals surface area contributed by atoms with Crippen molar-refractivity contribution in [3.63, 3.8) is 0 Å². The summed E-state index contributed by atoms with van der Waals surface area (Å²) in [5.74, 6) is 0.756. The molecule has 0 fully saturated rings. The number of hydrogen-bond donors (Lipinski definition) is 2. The van der Waals surface area contributed by atoms with Gasteiger partial charge < -0.3 is 15.2 Å². The van der Waals surface area contributed by atoms with E-state index in [0.717, 1.165) is 15.9 Å². The summed E-state index contributed by atoms with van der Waals surface area (Å²) in [6.07, 6.45) is -0.603. The molecule has 0 saturated heterocycles. The van der Waals surface area contributed by atoms with Gasteiger partial charge in [-0.15, -0.1) is 0 Å². The number of halogens is 2. The van der Waals surface area contributed by atoms with E-state index in [0.29, 0.717) is 11.6 Å². The molecule has 1 atom stereocenters. The lowest BCUT2D eigenvalue weighted by Gasteiger charge is -2.14. The fourth-order valence-electron chi connectivity index (χ4n) is 1.73. The molecule has 0 aliphatic rings. The zero-order valence-electron chi connectivity index (χ0n) is 11.6. The lowest BCUT2D eigenvalue weighted by atomic mass is 10.2. The van der Waals surface area contributed by atoms with Crippen molar-refractivity contribution in [2.75, 3.05) is 18.5 Å². The van der Waals surface area contributed by atoms with Crippen LogP contribution in [0, 0.1) is 6.92 Å². The van der Waals surface area contributed by atoms with Crippen LogP contribution < -0.4 is 10.1 Å². The predicted octanol–water partition coefficient (Wildman–Crippen LogP) is 4.26. The van der Waals surface area contributed by atoms with E-state index in [1.54, 1.807) is 6.07 Å². The second kappa shape index (κ2) is 7.69. The second-order valence-electron chi connectivity index (χ2n) is 4.79. The summed E-state index contributed by atoms with van der Waals surface area (Å²) in [4.78, 5) is 0. The first-order valence-corrected chi connectivity index (χ1v) is 7.78. The number of hydrogen-bond acceptors (Lipinski definition) is 3. The van der Waals surface area contributed by atoms with Gasteiger partial charge in [-0.2, -0.15) is 0 Å². The number of ether oxygens (including phenoxy) is 1. The Bertz CT molecular complexity index is 589. The molecule has 112 valence electrons. The molecule has 1 unspecified atom stereocenters. The van der Waals surface area contributed by atoms with Crippen molar-refractivity contribution in [2.24, 2.45) is 0 Å². The van der Waals surface area contributed by atoms with Crippen LogP contribution in [0.15, 0.2) is 46.9 Å². The van der Waals surface area contributed by atoms with E-state index in [9.17, 15) is 5.11 Å². The summed E-state index contributed by atoms with van der Waals surface area (Å²) >= 11 is 9.35. The van der Waals surface area contributed by atoms with Gasteiger partial charge in [-0.05, 0) is 53.2 Å². The van der Waals surface area contributed by atoms with Gasteiger partial charge in [0.2, 0.25) is 0 Å². The molecule has 0 radical (unpaired) electrons. The lowest BCUT2D eigenvalue weighted by molar-refractivity contribution is 0.117. The zero-order chi connectivity index (χ0) is 15.2. The van der Waals surface area contributed by atoms with Gasteiger partial charge in [0.1, 0.15) is 18.5 Å². The van der Waals surface area contributed by atoms with Crippen molar-refractivity contribution >= 4 is 33.2 Å². The van der Waals surface area contributed by atoms with Gasteiger partial charge in [-0.3, -0.25) is 0 Å². The summed E-state index contributed by atoms with van der Waals surface area (Å²) in [5, 5.41) is 13.7. The van der Waals surface area contributed by atoms with Crippen LogP contribution in [0.4, 0.5) is 5.69 Å². The van der Waals surface area contributed by atoms with Crippen molar-refractivity contribution in [1.29, 1.82) is 0 Å². The van der Waals surface area contributed by atoms with E-state index in [1.165, 1.54) is 5.56 Å². The molecule has 2 aromatic rings. The number of nitrogens with one attached hydrogen (secondary N) is 1. The van der Waals surface area contributed by atoms with Gasteiger partial charge in [0.05, 0.1) is 5.02 Å². The fraction of sp³-hybridized carbons (Fsp3) is 0.250. The average molecular weight is 371 g/mol. The minimum Gasteiger partial charge on any atom is -0.491 e. The molecule has 0 saturated carbocycles. The maximum absolute atomic E-state index is 9.92. The SMILES string of the molecule is Cc1ccc(OCC(O)CNc2ccc(Br)c(Cl)c2)cc1. The molecular weight excluding hydrogens is 354 g/mol. The summed E-state index contributed by atoms with van der Waals surface area (Å²) < 4.78 is 6.38. The van der Waals surface area contributed by atoms with E-state index in [1.807, 2.05) is 43.3 Å². The Hall–Kier alpha value is -1.23. The second-order valence-corrected chi connectivity index (χ2v) is 6.05. The molecule has 5 heteroatoms. The molecule has 0 aliphatic carbocycles. The number of benzene rings is 2. The highest BCUT2D eigenvalue weighted by atomic mass is 79.9. The van der Waals surface area contributed by atoms with Crippen molar-refractivity contribution < 1.29 is 9.84 Å². The van der Waals surface area contributed by atoms with Crippen molar-refractivity contribution in [2.45, 2.75) is 13.0 Å². The number of aliphatic hydroxyl groups is 1. The lowest BCUT2D eigenvalue weighted by Crippen LogP contribution is -2.26. The van der Waals surface area contributed by atoms with Gasteiger partial charge in [0.25, 0.3) is 0 Å². The molecule has 0 bridgehead atoms. The number of aryl methyl sites for hydroxylation is 1. The van der Waals surface area contributed by atoms with Crippen LogP contribution >= 0.6 is 27.5 Å². The summed E-state index contributed by atoms with van der Waals surface area (Å²) in [7, 11) is 0. The van der Waals surface area contributed by atoms with Crippen LogP contribution in [-0.2, 0) is 0 Å². The summed E-state index contributed by atoms with van der Waals surface area (Å²) in [6, 6.07) is 13.3. The van der Waals surface area contributed by atoms with Crippen molar-refractivity contribution in [3.8, 4) is 5.75 Å². The minimum absolute atomic E-state index is 0.236. The van der Waals surface area contributed by atoms with Crippen molar-refractivity contribution in [1.82, 2.24) is 0 Å². The van der Waals surface area contributed by atoms with E-state index >= 15 is 0 Å². The Morgan fingerprint density at radius 1 is 1.24 bits per heavy atom. The van der Waals surface area contributed by atoms with Gasteiger partial charge in [0.15, 0.2) is 0 Å². The van der Waals surface area contributed by atoms with E-state index in [4.69, 9.17) is 16.3 Å². The molecule has 21 heavy (non-hydrogen) atoms. The monoisotopic (exact) mass is 369 g/mol. The maximum Gasteiger partial charge on any atom is 0.119 e. The zero-order valence-corrected chi connectivity index (χ0v) is 14.0. The third-order valence-corrected chi connectivity index (χ3v) is 4.16. The summed E-state index contributed by atoms with van der Waals surface area (Å²) in [6.45, 7) is 2.65. The molecule has 0 aromatic heterocycles. The Labute approximate surface area is 138 Å². The topological polar surface area (TPSA) is 41.5 Å². The Balaban J connectivity index is 1.77. The Morgan fingerprint density at radius 2 is 1.95 bits per heavy atom. The van der Waals surface area contributed by atoms with Gasteiger partial charge in [-0.1, -0.05) is 29.3 Å². The van der Waals surface area contributed by atoms with Crippen LogP contribution in [0.5, 0.6) is 5.75 Å². The standard InChI is InChI=1S/C16H17BrClNO2/c1-11-2-5-14(6-3-11)21-10-13(20)9-19-12-4-7-15(17)16(18)8-12/h2-8,13,19-20H,9-10H2,1H3. The van der Waals surface area contributed by atoms with Crippen LogP contribution in [0.2, 0.25) is 5.02 Å². The smallest absolute Gasteiger partial charge is 0.119 e. The first kappa shape index (κ1) is 16.1. The number of aliphatic hydroxyl groups excluding tert-OH is 1. The van der Waals surface area contributed by atoms with Crippen LogP contribution in [0.3, 0.4) is 0 Å². The van der Waals surface area contributed by atoms with E-state index in [2.05, 4.69) is 21.2 Å². The third-order valence-electron chi connectivity index (χ3n) is 2.92. The highest BCUT2D eigenvalue weighted by molar-refractivity contribution is 9.10. The Kier molecular flexibility index (Phi) is 5.91. The van der Waals surface area contributed by atoms with Crippen LogP contribution in [-0.4, -0.2) is 24.4 Å². The molecule has 0 heterocycles. The predicted molar refractivity (Wildman–Crippen MR) is 90.3 cm³/mol. The number of anilines is 1. The highest BCUT2D eigenvalue weighted by Crippen LogP contribution is 2.25. The van der Waals surface area contributed by atoms with Gasteiger partial charge >= 0.3 is 0 Å². The van der Waals surface area contributed by atoms with Crippen LogP contribution in [0.25, 0.3) is 0 Å². The Morgan fingerprint density at radius 3 is 2.62 bits per heavy atom. The normalized spacial score (nSPS) is 12.0. The molecule has 0 spiro atoms. The van der Waals surface area contributed by atoms with Gasteiger partial charge in [0, 0.05) is 16.7 Å². The largest absolute Gasteiger partial charge is 0.491 e. The molecule has 2 N–H and O–H groups in total. The highest BCUT2D eigenvalue weighted by Gasteiger charge is 2.06. The molecule has 3 nitrogen and oxygen atoms in total. The molecule has 2 rings (SSSR count). The van der Waals surface area contributed by atoms with E-state index < -0.39 is 6.10 Å². The number of rotatable bonds is 6. The average Bonchev–Trinajstić information content (AvgIpc) is 2.48. The minimum atomic E-state index is -0.603. The third kappa shape index (κ3) is 5.23.